The molecule has 0 radical (unpaired) electrons. The van der Waals surface area contributed by atoms with Gasteiger partial charge in [-0.25, -0.2) is 0 Å². The lowest BCUT2D eigenvalue weighted by atomic mass is 10.1. The fourth-order valence-corrected chi connectivity index (χ4v) is 4.90. The van der Waals surface area contributed by atoms with Crippen molar-refractivity contribution in [1.82, 2.24) is 0 Å². The van der Waals surface area contributed by atoms with Gasteiger partial charge in [-0.05, 0) is 55.2 Å². The molecule has 0 aliphatic carbocycles. The average molecular weight is 362 g/mol. The molecule has 6 heteroatoms. The molecule has 2 aliphatic heterocycles. The summed E-state index contributed by atoms with van der Waals surface area (Å²) < 4.78 is 0.839. The van der Waals surface area contributed by atoms with Gasteiger partial charge < -0.3 is 15.5 Å². The van der Waals surface area contributed by atoms with E-state index in [0.717, 1.165) is 48.9 Å². The maximum Gasteiger partial charge on any atom is 0.240 e. The van der Waals surface area contributed by atoms with Crippen LogP contribution in [0.5, 0.6) is 0 Å². The first-order valence-electron chi connectivity index (χ1n) is 8.30. The molecule has 4 nitrogen and oxygen atoms in total. The molecule has 0 saturated carbocycles. The van der Waals surface area contributed by atoms with Gasteiger partial charge in [0.1, 0.15) is 6.04 Å². The highest BCUT2D eigenvalue weighted by Crippen LogP contribution is 2.35. The molecule has 24 heavy (non-hydrogen) atoms. The van der Waals surface area contributed by atoms with Crippen molar-refractivity contribution in [3.63, 3.8) is 0 Å². The zero-order valence-corrected chi connectivity index (χ0v) is 14.9. The smallest absolute Gasteiger partial charge is 0.240 e. The Hall–Kier alpha value is -1.72. The summed E-state index contributed by atoms with van der Waals surface area (Å²) >= 11 is 7.68. The molecule has 1 amide bonds. The minimum Gasteiger partial charge on any atom is -0.368 e. The van der Waals surface area contributed by atoms with E-state index in [4.69, 9.17) is 17.3 Å². The van der Waals surface area contributed by atoms with Gasteiger partial charge in [-0.3, -0.25) is 4.79 Å². The lowest BCUT2D eigenvalue weighted by molar-refractivity contribution is -0.119. The molecule has 1 atom stereocenters. The summed E-state index contributed by atoms with van der Waals surface area (Å²) in [5, 5.41) is 0. The molecule has 0 spiro atoms. The van der Waals surface area contributed by atoms with Crippen LogP contribution in [0.15, 0.2) is 30.3 Å². The van der Waals surface area contributed by atoms with Crippen LogP contribution >= 0.6 is 22.9 Å². The van der Waals surface area contributed by atoms with Crippen molar-refractivity contribution in [2.45, 2.75) is 31.8 Å². The van der Waals surface area contributed by atoms with E-state index >= 15 is 0 Å². The van der Waals surface area contributed by atoms with Crippen LogP contribution in [0.4, 0.5) is 11.4 Å². The highest BCUT2D eigenvalue weighted by Gasteiger charge is 2.30. The Balaban J connectivity index is 1.55. The Kier molecular flexibility index (Phi) is 4.14. The fraction of sp³-hybridized carbons (Fsp3) is 0.389. The Morgan fingerprint density at radius 3 is 2.92 bits per heavy atom. The predicted molar refractivity (Wildman–Crippen MR) is 100 cm³/mol. The molecule has 1 saturated heterocycles. The van der Waals surface area contributed by atoms with Gasteiger partial charge in [0, 0.05) is 29.3 Å². The minimum atomic E-state index is -0.218. The normalized spacial score (nSPS) is 19.8. The number of carbonyl (C=O) groups excluding carboxylic acids is 1. The largest absolute Gasteiger partial charge is 0.368 e. The average Bonchev–Trinajstić information content (AvgIpc) is 3.27. The third-order valence-electron chi connectivity index (χ3n) is 4.94. The van der Waals surface area contributed by atoms with Crippen molar-refractivity contribution in [3.05, 3.63) is 45.1 Å². The molecule has 2 aliphatic rings. The van der Waals surface area contributed by atoms with E-state index in [9.17, 15) is 4.79 Å². The number of nitrogens with zero attached hydrogens (tertiary/aromatic N) is 2. The van der Waals surface area contributed by atoms with Gasteiger partial charge in [-0.2, -0.15) is 0 Å². The fourth-order valence-electron chi connectivity index (χ4n) is 3.80. The van der Waals surface area contributed by atoms with E-state index in [-0.39, 0.29) is 11.9 Å². The Morgan fingerprint density at radius 1 is 1.29 bits per heavy atom. The number of carbonyl (C=O) groups is 1. The number of nitrogens with two attached hydrogens (primary N) is 1. The molecule has 4 rings (SSSR count). The first-order chi connectivity index (χ1) is 11.6. The third-order valence-corrected chi connectivity index (χ3v) is 6.16. The first-order valence-corrected chi connectivity index (χ1v) is 9.49. The Morgan fingerprint density at radius 2 is 2.17 bits per heavy atom. The molecule has 126 valence electrons. The lowest BCUT2D eigenvalue weighted by Gasteiger charge is -2.25. The molecule has 1 unspecified atom stereocenters. The highest BCUT2D eigenvalue weighted by molar-refractivity contribution is 7.16. The maximum absolute atomic E-state index is 11.6. The van der Waals surface area contributed by atoms with Crippen molar-refractivity contribution < 1.29 is 4.79 Å². The highest BCUT2D eigenvalue weighted by atomic mass is 35.5. The summed E-state index contributed by atoms with van der Waals surface area (Å²) in [5.41, 5.74) is 9.31. The van der Waals surface area contributed by atoms with Crippen LogP contribution in [-0.2, 0) is 17.8 Å². The van der Waals surface area contributed by atoms with Crippen LogP contribution in [0.1, 0.15) is 23.3 Å². The number of rotatable bonds is 4. The Bertz CT molecular complexity index is 775. The molecule has 1 fully saturated rings. The molecule has 1 aromatic heterocycles. The van der Waals surface area contributed by atoms with Gasteiger partial charge >= 0.3 is 0 Å². The number of benzene rings is 1. The molecule has 1 aromatic carbocycles. The van der Waals surface area contributed by atoms with Gasteiger partial charge in [0.25, 0.3) is 0 Å². The van der Waals surface area contributed by atoms with Gasteiger partial charge in [0.2, 0.25) is 5.91 Å². The number of hydrogen-bond acceptors (Lipinski definition) is 4. The van der Waals surface area contributed by atoms with Crippen molar-refractivity contribution >= 4 is 40.2 Å². The standard InChI is InChI=1S/C18H20ClN3OS/c19-17-6-4-14(24-17)11-21-9-7-12-10-13(3-5-15(12)21)22-8-1-2-16(22)18(20)23/h3-6,10,16H,1-2,7-9,11H2,(H2,20,23). The van der Waals surface area contributed by atoms with Crippen LogP contribution in [0.25, 0.3) is 0 Å². The molecular weight excluding hydrogens is 342 g/mol. The molecule has 2 N–H and O–H groups in total. The second kappa shape index (κ2) is 6.30. The number of fused-ring (bicyclic) bond motifs is 1. The van der Waals surface area contributed by atoms with E-state index in [1.165, 1.54) is 16.1 Å². The zero-order chi connectivity index (χ0) is 16.7. The molecular formula is C18H20ClN3OS. The quantitative estimate of drug-likeness (QED) is 0.907. The second-order valence-electron chi connectivity index (χ2n) is 6.44. The maximum atomic E-state index is 11.6. The minimum absolute atomic E-state index is 0.159. The van der Waals surface area contributed by atoms with Crippen molar-refractivity contribution in [1.29, 1.82) is 0 Å². The summed E-state index contributed by atoms with van der Waals surface area (Å²) in [5.74, 6) is -0.218. The van der Waals surface area contributed by atoms with E-state index in [0.29, 0.717) is 0 Å². The van der Waals surface area contributed by atoms with Gasteiger partial charge in [-0.1, -0.05) is 11.6 Å². The van der Waals surface area contributed by atoms with Gasteiger partial charge in [-0.15, -0.1) is 11.3 Å². The summed E-state index contributed by atoms with van der Waals surface area (Å²) in [6, 6.07) is 10.4. The summed E-state index contributed by atoms with van der Waals surface area (Å²) in [6.07, 6.45) is 2.92. The molecule has 0 bridgehead atoms. The summed E-state index contributed by atoms with van der Waals surface area (Å²) in [7, 11) is 0. The summed E-state index contributed by atoms with van der Waals surface area (Å²) in [6.45, 7) is 2.83. The van der Waals surface area contributed by atoms with Crippen molar-refractivity contribution in [2.75, 3.05) is 22.9 Å². The predicted octanol–water partition coefficient (Wildman–Crippen LogP) is 3.42. The van der Waals surface area contributed by atoms with Crippen LogP contribution in [0, 0.1) is 0 Å². The molecule has 3 heterocycles. The Labute approximate surface area is 150 Å². The van der Waals surface area contributed by atoms with E-state index in [1.54, 1.807) is 11.3 Å². The van der Waals surface area contributed by atoms with Crippen LogP contribution in [0.2, 0.25) is 4.34 Å². The van der Waals surface area contributed by atoms with Crippen molar-refractivity contribution in [3.8, 4) is 0 Å². The number of thiophene rings is 1. The number of amides is 1. The number of primary amides is 1. The van der Waals surface area contributed by atoms with Gasteiger partial charge in [0.15, 0.2) is 0 Å². The number of anilines is 2. The third kappa shape index (κ3) is 2.87. The monoisotopic (exact) mass is 361 g/mol. The van der Waals surface area contributed by atoms with Crippen LogP contribution in [-0.4, -0.2) is 25.0 Å². The number of halogens is 1. The van der Waals surface area contributed by atoms with E-state index in [2.05, 4.69) is 34.1 Å². The topological polar surface area (TPSA) is 49.6 Å². The second-order valence-corrected chi connectivity index (χ2v) is 8.24. The van der Waals surface area contributed by atoms with Crippen LogP contribution < -0.4 is 15.5 Å². The van der Waals surface area contributed by atoms with E-state index in [1.807, 2.05) is 6.07 Å². The summed E-state index contributed by atoms with van der Waals surface area (Å²) in [4.78, 5) is 17.5. The lowest BCUT2D eigenvalue weighted by Crippen LogP contribution is -2.40. The first kappa shape index (κ1) is 15.8. The van der Waals surface area contributed by atoms with Crippen molar-refractivity contribution in [2.24, 2.45) is 5.73 Å². The van der Waals surface area contributed by atoms with Crippen LogP contribution in [0.3, 0.4) is 0 Å². The zero-order valence-electron chi connectivity index (χ0n) is 13.4. The van der Waals surface area contributed by atoms with E-state index < -0.39 is 0 Å². The number of hydrogen-bond donors (Lipinski definition) is 1. The van der Waals surface area contributed by atoms with Gasteiger partial charge in [0.05, 0.1) is 10.9 Å². The molecule has 2 aromatic rings. The SMILES string of the molecule is NC(=O)C1CCCN1c1ccc2c(c1)CCN2Cc1ccc(Cl)s1.